The average Bonchev–Trinajstić information content (AvgIpc) is 2.64. The fraction of sp³-hybridized carbons (Fsp3) is 0.632. The van der Waals surface area contributed by atoms with Crippen LogP contribution in [0.3, 0.4) is 0 Å². The van der Waals surface area contributed by atoms with Crippen molar-refractivity contribution in [3.8, 4) is 0 Å². The molecule has 0 aliphatic carbocycles. The summed E-state index contributed by atoms with van der Waals surface area (Å²) >= 11 is 0. The van der Waals surface area contributed by atoms with Crippen LogP contribution in [0.5, 0.6) is 0 Å². The van der Waals surface area contributed by atoms with Crippen LogP contribution < -0.4 is 10.6 Å². The first-order valence-electron chi connectivity index (χ1n) is 9.53. The fourth-order valence-corrected chi connectivity index (χ4v) is 3.79. The van der Waals surface area contributed by atoms with Crippen LogP contribution in [0.15, 0.2) is 24.3 Å². The highest BCUT2D eigenvalue weighted by atomic mass is 19.4. The number of carbonyl (C=O) groups excluding carboxylic acids is 1. The van der Waals surface area contributed by atoms with Crippen molar-refractivity contribution in [3.63, 3.8) is 0 Å². The number of benzene rings is 1. The van der Waals surface area contributed by atoms with Crippen LogP contribution in [0.2, 0.25) is 0 Å². The number of rotatable bonds is 5. The van der Waals surface area contributed by atoms with Gasteiger partial charge in [0.25, 0.3) is 0 Å². The molecule has 0 saturated carbocycles. The number of amides is 1. The number of halogens is 3. The summed E-state index contributed by atoms with van der Waals surface area (Å²) in [6, 6.07) is 5.08. The number of piperidine rings is 1. The third-order valence-corrected chi connectivity index (χ3v) is 5.31. The number of carbonyl (C=O) groups is 1. The van der Waals surface area contributed by atoms with E-state index < -0.39 is 17.6 Å². The molecule has 1 amide bonds. The van der Waals surface area contributed by atoms with Gasteiger partial charge in [0, 0.05) is 32.7 Å². The van der Waals surface area contributed by atoms with Crippen molar-refractivity contribution in [3.05, 3.63) is 29.8 Å². The molecule has 2 fully saturated rings. The minimum Gasteiger partial charge on any atom is -0.324 e. The van der Waals surface area contributed by atoms with Crippen LogP contribution in [0.25, 0.3) is 0 Å². The number of anilines is 1. The summed E-state index contributed by atoms with van der Waals surface area (Å²) in [5, 5.41) is 5.79. The van der Waals surface area contributed by atoms with Crippen LogP contribution in [0.1, 0.15) is 18.4 Å². The molecule has 3 rings (SSSR count). The Labute approximate surface area is 157 Å². The highest BCUT2D eigenvalue weighted by Gasteiger charge is 2.33. The summed E-state index contributed by atoms with van der Waals surface area (Å²) in [5.74, 6) is 0.332. The molecule has 27 heavy (non-hydrogen) atoms. The lowest BCUT2D eigenvalue weighted by molar-refractivity contribution is -0.137. The number of hydrogen-bond acceptors (Lipinski definition) is 4. The van der Waals surface area contributed by atoms with Gasteiger partial charge in [0.1, 0.15) is 0 Å². The molecule has 8 heteroatoms. The third-order valence-electron chi connectivity index (χ3n) is 5.31. The molecule has 0 spiro atoms. The summed E-state index contributed by atoms with van der Waals surface area (Å²) in [7, 11) is 0. The molecule has 1 aromatic rings. The van der Waals surface area contributed by atoms with E-state index in [1.807, 2.05) is 4.90 Å². The van der Waals surface area contributed by atoms with E-state index in [4.69, 9.17) is 0 Å². The Hall–Kier alpha value is -1.64. The number of hydrogen-bond donors (Lipinski definition) is 2. The highest BCUT2D eigenvalue weighted by Crippen LogP contribution is 2.34. The van der Waals surface area contributed by atoms with E-state index in [0.717, 1.165) is 57.8 Å². The Balaban J connectivity index is 1.45. The van der Waals surface area contributed by atoms with E-state index in [9.17, 15) is 18.0 Å². The Kier molecular flexibility index (Phi) is 6.73. The second-order valence-electron chi connectivity index (χ2n) is 7.36. The van der Waals surface area contributed by atoms with Gasteiger partial charge < -0.3 is 15.5 Å². The van der Waals surface area contributed by atoms with Gasteiger partial charge in [-0.3, -0.25) is 9.69 Å². The lowest BCUT2D eigenvalue weighted by Gasteiger charge is -2.37. The fourth-order valence-electron chi connectivity index (χ4n) is 3.79. The quantitative estimate of drug-likeness (QED) is 0.818. The van der Waals surface area contributed by atoms with Crippen molar-refractivity contribution in [2.75, 3.05) is 57.7 Å². The van der Waals surface area contributed by atoms with E-state index in [2.05, 4.69) is 15.5 Å². The predicted molar refractivity (Wildman–Crippen MR) is 98.5 cm³/mol. The molecule has 0 aromatic heterocycles. The normalized spacial score (nSPS) is 20.6. The van der Waals surface area contributed by atoms with Gasteiger partial charge in [-0.15, -0.1) is 0 Å². The molecular weight excluding hydrogens is 357 g/mol. The molecule has 2 N–H and O–H groups in total. The van der Waals surface area contributed by atoms with E-state index in [1.165, 1.54) is 31.0 Å². The molecule has 1 aromatic carbocycles. The largest absolute Gasteiger partial charge is 0.418 e. The molecule has 0 unspecified atom stereocenters. The maximum absolute atomic E-state index is 13.0. The Morgan fingerprint density at radius 2 is 1.70 bits per heavy atom. The second kappa shape index (κ2) is 9.03. The minimum absolute atomic E-state index is 0.118. The molecule has 2 aliphatic heterocycles. The maximum Gasteiger partial charge on any atom is 0.418 e. The first kappa shape index (κ1) is 20.1. The minimum atomic E-state index is -4.48. The summed E-state index contributed by atoms with van der Waals surface area (Å²) in [6.45, 7) is 6.72. The van der Waals surface area contributed by atoms with Gasteiger partial charge in [-0.05, 0) is 44.0 Å². The van der Waals surface area contributed by atoms with Gasteiger partial charge in [0.2, 0.25) is 5.91 Å². The van der Waals surface area contributed by atoms with Gasteiger partial charge in [-0.2, -0.15) is 13.2 Å². The molecule has 2 aliphatic rings. The smallest absolute Gasteiger partial charge is 0.324 e. The average molecular weight is 384 g/mol. The monoisotopic (exact) mass is 384 g/mol. The van der Waals surface area contributed by atoms with Crippen molar-refractivity contribution in [2.24, 2.45) is 5.92 Å². The second-order valence-corrected chi connectivity index (χ2v) is 7.36. The Morgan fingerprint density at radius 1 is 1.07 bits per heavy atom. The molecule has 150 valence electrons. The third kappa shape index (κ3) is 5.92. The number of nitrogens with one attached hydrogen (secondary N) is 2. The van der Waals surface area contributed by atoms with E-state index in [0.29, 0.717) is 0 Å². The summed E-state index contributed by atoms with van der Waals surface area (Å²) in [6.07, 6.45) is -2.06. The van der Waals surface area contributed by atoms with Gasteiger partial charge in [-0.1, -0.05) is 12.1 Å². The van der Waals surface area contributed by atoms with Crippen LogP contribution in [0, 0.1) is 5.92 Å². The molecule has 0 bridgehead atoms. The van der Waals surface area contributed by atoms with Crippen molar-refractivity contribution >= 4 is 11.6 Å². The Morgan fingerprint density at radius 3 is 2.37 bits per heavy atom. The molecule has 2 heterocycles. The zero-order chi connectivity index (χ0) is 19.3. The molecular formula is C19H27F3N4O. The maximum atomic E-state index is 13.0. The lowest BCUT2D eigenvalue weighted by Crippen LogP contribution is -2.50. The highest BCUT2D eigenvalue weighted by molar-refractivity contribution is 5.93. The Bertz CT molecular complexity index is 624. The zero-order valence-corrected chi connectivity index (χ0v) is 15.4. The number of para-hydroxylation sites is 1. The molecule has 0 atom stereocenters. The zero-order valence-electron chi connectivity index (χ0n) is 15.4. The van der Waals surface area contributed by atoms with Crippen LogP contribution in [-0.2, 0) is 11.0 Å². The van der Waals surface area contributed by atoms with Gasteiger partial charge >= 0.3 is 6.18 Å². The van der Waals surface area contributed by atoms with E-state index in [1.54, 1.807) is 0 Å². The van der Waals surface area contributed by atoms with Crippen molar-refractivity contribution in [1.82, 2.24) is 15.1 Å². The number of nitrogens with zero attached hydrogens (tertiary/aromatic N) is 2. The number of piperazine rings is 1. The predicted octanol–water partition coefficient (Wildman–Crippen LogP) is 2.26. The van der Waals surface area contributed by atoms with E-state index >= 15 is 0 Å². The molecule has 5 nitrogen and oxygen atoms in total. The SMILES string of the molecule is O=C(CN1CCN(CC2CCNCC2)CC1)Nc1ccccc1C(F)(F)F. The van der Waals surface area contributed by atoms with Crippen molar-refractivity contribution in [1.29, 1.82) is 0 Å². The first-order chi connectivity index (χ1) is 12.9. The standard InChI is InChI=1S/C19H27F3N4O/c20-19(21,22)16-3-1-2-4-17(16)24-18(27)14-26-11-9-25(10-12-26)13-15-5-7-23-8-6-15/h1-4,15,23H,5-14H2,(H,24,27). The van der Waals surface area contributed by atoms with Crippen molar-refractivity contribution in [2.45, 2.75) is 19.0 Å². The lowest BCUT2D eigenvalue weighted by atomic mass is 9.97. The summed E-state index contributed by atoms with van der Waals surface area (Å²) in [4.78, 5) is 16.7. The van der Waals surface area contributed by atoms with Gasteiger partial charge in [0.05, 0.1) is 17.8 Å². The first-order valence-corrected chi connectivity index (χ1v) is 9.53. The summed E-state index contributed by atoms with van der Waals surface area (Å²) < 4.78 is 39.1. The van der Waals surface area contributed by atoms with E-state index in [-0.39, 0.29) is 12.2 Å². The van der Waals surface area contributed by atoms with Crippen LogP contribution in [-0.4, -0.2) is 68.1 Å². The van der Waals surface area contributed by atoms with Crippen LogP contribution in [0.4, 0.5) is 18.9 Å². The molecule has 0 radical (unpaired) electrons. The van der Waals surface area contributed by atoms with Gasteiger partial charge in [-0.25, -0.2) is 0 Å². The van der Waals surface area contributed by atoms with Crippen LogP contribution >= 0.6 is 0 Å². The summed E-state index contributed by atoms with van der Waals surface area (Å²) in [5.41, 5.74) is -0.996. The number of alkyl halides is 3. The van der Waals surface area contributed by atoms with Gasteiger partial charge in [0.15, 0.2) is 0 Å². The molecule has 2 saturated heterocycles. The topological polar surface area (TPSA) is 47.6 Å². The van der Waals surface area contributed by atoms with Crippen molar-refractivity contribution < 1.29 is 18.0 Å².